The minimum absolute atomic E-state index is 0.0296. The number of nitrogens with zero attached hydrogens (tertiary/aromatic N) is 6. The van der Waals surface area contributed by atoms with Crippen molar-refractivity contribution in [3.05, 3.63) is 52.2 Å². The van der Waals surface area contributed by atoms with Gasteiger partial charge in [-0.15, -0.1) is 0 Å². The summed E-state index contributed by atoms with van der Waals surface area (Å²) < 4.78 is 1.69. The zero-order valence-electron chi connectivity index (χ0n) is 14.7. The molecule has 2 aliphatic heterocycles. The fourth-order valence-electron chi connectivity index (χ4n) is 3.63. The van der Waals surface area contributed by atoms with E-state index in [0.717, 1.165) is 18.8 Å². The molecule has 8 nitrogen and oxygen atoms in total. The van der Waals surface area contributed by atoms with Crippen molar-refractivity contribution in [2.45, 2.75) is 38.9 Å². The molecule has 0 atom stereocenters. The maximum atomic E-state index is 12.7. The quantitative estimate of drug-likeness (QED) is 0.806. The van der Waals surface area contributed by atoms with Crippen molar-refractivity contribution in [2.75, 3.05) is 19.6 Å². The lowest BCUT2D eigenvalue weighted by atomic mass is 10.3. The summed E-state index contributed by atoms with van der Waals surface area (Å²) in [6, 6.07) is 1.64. The van der Waals surface area contributed by atoms with Crippen LogP contribution in [0.2, 0.25) is 0 Å². The minimum atomic E-state index is -0.175. The Morgan fingerprint density at radius 1 is 1.08 bits per heavy atom. The fraction of sp³-hybridized carbons (Fsp3) is 0.500. The number of amides is 1. The number of carbonyl (C=O) groups excluding carboxylic acids is 1. The molecule has 0 aliphatic carbocycles. The van der Waals surface area contributed by atoms with Crippen molar-refractivity contribution in [1.82, 2.24) is 29.3 Å². The molecule has 2 aromatic heterocycles. The lowest BCUT2D eigenvalue weighted by Crippen LogP contribution is -2.33. The first-order chi connectivity index (χ1) is 12.7. The number of carbonyl (C=O) groups is 1. The van der Waals surface area contributed by atoms with Crippen molar-refractivity contribution in [3.8, 4) is 0 Å². The maximum absolute atomic E-state index is 12.7. The summed E-state index contributed by atoms with van der Waals surface area (Å²) >= 11 is 0. The summed E-state index contributed by atoms with van der Waals surface area (Å²) in [5.41, 5.74) is 1.08. The van der Waals surface area contributed by atoms with Crippen LogP contribution in [0.25, 0.3) is 0 Å². The summed E-state index contributed by atoms with van der Waals surface area (Å²) in [5.74, 6) is 0.479. The summed E-state index contributed by atoms with van der Waals surface area (Å²) in [6.07, 6.45) is 7.63. The van der Waals surface area contributed by atoms with Crippen LogP contribution in [0.4, 0.5) is 0 Å². The van der Waals surface area contributed by atoms with Gasteiger partial charge in [0, 0.05) is 38.1 Å². The van der Waals surface area contributed by atoms with Crippen LogP contribution >= 0.6 is 0 Å². The Kier molecular flexibility index (Phi) is 4.75. The van der Waals surface area contributed by atoms with Gasteiger partial charge in [0.25, 0.3) is 11.5 Å². The molecular formula is C18H22N6O2. The first-order valence-electron chi connectivity index (χ1n) is 9.08. The highest BCUT2D eigenvalue weighted by atomic mass is 16.2. The first kappa shape index (κ1) is 16.8. The Hall–Kier alpha value is -2.61. The molecule has 1 fully saturated rings. The molecule has 4 heterocycles. The second-order valence-electron chi connectivity index (χ2n) is 6.81. The van der Waals surface area contributed by atoms with Crippen LogP contribution in [-0.2, 0) is 19.6 Å². The molecule has 8 heteroatoms. The molecule has 1 saturated heterocycles. The summed E-state index contributed by atoms with van der Waals surface area (Å²) in [7, 11) is 0. The van der Waals surface area contributed by atoms with Crippen molar-refractivity contribution < 1.29 is 4.79 Å². The second kappa shape index (κ2) is 7.33. The normalized spacial score (nSPS) is 17.8. The summed E-state index contributed by atoms with van der Waals surface area (Å²) in [4.78, 5) is 42.0. The zero-order chi connectivity index (χ0) is 17.9. The number of hydrogen-bond acceptors (Lipinski definition) is 6. The van der Waals surface area contributed by atoms with Gasteiger partial charge in [0.2, 0.25) is 0 Å². The monoisotopic (exact) mass is 354 g/mol. The van der Waals surface area contributed by atoms with E-state index in [4.69, 9.17) is 4.98 Å². The number of aromatic nitrogens is 4. The Bertz CT molecular complexity index is 845. The van der Waals surface area contributed by atoms with Gasteiger partial charge in [0.1, 0.15) is 11.5 Å². The molecular weight excluding hydrogens is 332 g/mol. The topological polar surface area (TPSA) is 84.2 Å². The molecule has 2 aromatic rings. The predicted molar refractivity (Wildman–Crippen MR) is 94.4 cm³/mol. The Morgan fingerprint density at radius 3 is 2.69 bits per heavy atom. The number of likely N-dealkylation sites (tertiary alicyclic amines) is 1. The van der Waals surface area contributed by atoms with Crippen LogP contribution in [0.3, 0.4) is 0 Å². The fourth-order valence-corrected chi connectivity index (χ4v) is 3.63. The number of rotatable bonds is 3. The van der Waals surface area contributed by atoms with Crippen LogP contribution in [0.5, 0.6) is 0 Å². The van der Waals surface area contributed by atoms with E-state index in [-0.39, 0.29) is 11.5 Å². The molecule has 4 rings (SSSR count). The van der Waals surface area contributed by atoms with E-state index in [9.17, 15) is 9.59 Å². The lowest BCUT2D eigenvalue weighted by molar-refractivity contribution is 0.0737. The molecule has 136 valence electrons. The van der Waals surface area contributed by atoms with Gasteiger partial charge >= 0.3 is 0 Å². The van der Waals surface area contributed by atoms with E-state index < -0.39 is 0 Å². The van der Waals surface area contributed by atoms with Gasteiger partial charge in [-0.25, -0.2) is 9.97 Å². The van der Waals surface area contributed by atoms with Crippen molar-refractivity contribution in [2.24, 2.45) is 0 Å². The second-order valence-corrected chi connectivity index (χ2v) is 6.81. The van der Waals surface area contributed by atoms with Crippen molar-refractivity contribution in [1.29, 1.82) is 0 Å². The minimum Gasteiger partial charge on any atom is -0.330 e. The average molecular weight is 354 g/mol. The average Bonchev–Trinajstić information content (AvgIpc) is 3.06. The van der Waals surface area contributed by atoms with Crippen molar-refractivity contribution >= 4 is 5.91 Å². The zero-order valence-corrected chi connectivity index (χ0v) is 14.7. The van der Waals surface area contributed by atoms with E-state index in [0.29, 0.717) is 44.1 Å². The lowest BCUT2D eigenvalue weighted by Gasteiger charge is -2.20. The molecule has 0 radical (unpaired) electrons. The van der Waals surface area contributed by atoms with E-state index in [2.05, 4.69) is 14.9 Å². The Balaban J connectivity index is 1.59. The summed E-state index contributed by atoms with van der Waals surface area (Å²) in [5, 5.41) is 0. The van der Waals surface area contributed by atoms with Crippen LogP contribution < -0.4 is 5.56 Å². The highest BCUT2D eigenvalue weighted by Gasteiger charge is 2.23. The third kappa shape index (κ3) is 3.50. The van der Waals surface area contributed by atoms with Gasteiger partial charge in [-0.3, -0.25) is 24.0 Å². The van der Waals surface area contributed by atoms with Gasteiger partial charge in [-0.1, -0.05) is 0 Å². The van der Waals surface area contributed by atoms with E-state index in [1.807, 2.05) is 0 Å². The molecule has 1 amide bonds. The smallest absolute Gasteiger partial charge is 0.274 e. The summed E-state index contributed by atoms with van der Waals surface area (Å²) in [6.45, 7) is 4.27. The van der Waals surface area contributed by atoms with Gasteiger partial charge < -0.3 is 4.90 Å². The largest absolute Gasteiger partial charge is 0.330 e. The van der Waals surface area contributed by atoms with E-state index >= 15 is 0 Å². The van der Waals surface area contributed by atoms with Gasteiger partial charge in [0.15, 0.2) is 0 Å². The van der Waals surface area contributed by atoms with Crippen LogP contribution in [0, 0.1) is 0 Å². The van der Waals surface area contributed by atoms with Crippen LogP contribution in [0.15, 0.2) is 29.5 Å². The molecule has 0 saturated carbocycles. The third-order valence-electron chi connectivity index (χ3n) is 4.94. The molecule has 0 spiro atoms. The van der Waals surface area contributed by atoms with E-state index in [1.165, 1.54) is 25.2 Å². The molecule has 0 aromatic carbocycles. The predicted octanol–water partition coefficient (Wildman–Crippen LogP) is 0.675. The standard InChI is InChI=1S/C18H22N6O2/c25-17-10-14(12-22-6-1-2-7-22)21-16-13-23(8-3-9-24(16)17)18(26)15-11-19-4-5-20-15/h4-5,10-11H,1-3,6-9,12-13H2. The molecule has 0 bridgehead atoms. The van der Waals surface area contributed by atoms with Gasteiger partial charge in [-0.2, -0.15) is 0 Å². The third-order valence-corrected chi connectivity index (χ3v) is 4.94. The van der Waals surface area contributed by atoms with Crippen LogP contribution in [-0.4, -0.2) is 54.9 Å². The molecule has 2 aliphatic rings. The molecule has 0 N–H and O–H groups in total. The molecule has 0 unspecified atom stereocenters. The highest BCUT2D eigenvalue weighted by molar-refractivity contribution is 5.91. The molecule has 26 heavy (non-hydrogen) atoms. The maximum Gasteiger partial charge on any atom is 0.274 e. The van der Waals surface area contributed by atoms with Crippen LogP contribution in [0.1, 0.15) is 41.3 Å². The van der Waals surface area contributed by atoms with E-state index in [1.54, 1.807) is 21.7 Å². The van der Waals surface area contributed by atoms with Gasteiger partial charge in [0.05, 0.1) is 18.4 Å². The Labute approximate surface area is 151 Å². The van der Waals surface area contributed by atoms with Gasteiger partial charge in [-0.05, 0) is 32.4 Å². The van der Waals surface area contributed by atoms with Crippen molar-refractivity contribution in [3.63, 3.8) is 0 Å². The number of hydrogen-bond donors (Lipinski definition) is 0. The SMILES string of the molecule is O=C(c1cnccn1)N1CCCn2c(nc(CN3CCCC3)cc2=O)C1. The highest BCUT2D eigenvalue weighted by Crippen LogP contribution is 2.14. The first-order valence-corrected chi connectivity index (χ1v) is 9.08. The number of fused-ring (bicyclic) bond motifs is 1. The Morgan fingerprint density at radius 2 is 1.92 bits per heavy atom.